The molecule has 2 aromatic carbocycles. The first kappa shape index (κ1) is 20.0. The summed E-state index contributed by atoms with van der Waals surface area (Å²) in [6.07, 6.45) is 0.844. The Balaban J connectivity index is 1.66. The number of rotatable bonds is 5. The van der Waals surface area contributed by atoms with Gasteiger partial charge in [0.2, 0.25) is 5.91 Å². The maximum absolute atomic E-state index is 12.8. The Morgan fingerprint density at radius 1 is 1.25 bits per heavy atom. The molecule has 0 saturated carbocycles. The number of methoxy groups -OCH3 is 1. The van der Waals surface area contributed by atoms with E-state index in [0.29, 0.717) is 29.4 Å². The number of likely N-dealkylation sites (tertiary alicyclic amines) is 1. The van der Waals surface area contributed by atoms with Gasteiger partial charge in [-0.3, -0.25) is 9.69 Å². The van der Waals surface area contributed by atoms with Crippen molar-refractivity contribution in [3.8, 4) is 5.75 Å². The van der Waals surface area contributed by atoms with Gasteiger partial charge in [-0.05, 0) is 37.0 Å². The lowest BCUT2D eigenvalue weighted by Gasteiger charge is -2.24. The number of carbonyl (C=O) groups is 2. The van der Waals surface area contributed by atoms with Gasteiger partial charge in [-0.15, -0.1) is 0 Å². The second kappa shape index (κ2) is 8.97. The Bertz CT molecular complexity index is 857. The summed E-state index contributed by atoms with van der Waals surface area (Å²) in [7, 11) is 1.51. The fraction of sp³-hybridized carbons (Fsp3) is 0.333. The molecule has 6 nitrogen and oxygen atoms in total. The monoisotopic (exact) mass is 402 g/mol. The van der Waals surface area contributed by atoms with Gasteiger partial charge in [0, 0.05) is 17.6 Å². The zero-order valence-corrected chi connectivity index (χ0v) is 16.7. The normalized spacial score (nSPS) is 16.0. The minimum atomic E-state index is -0.580. The Morgan fingerprint density at radius 2 is 2.00 bits per heavy atom. The van der Waals surface area contributed by atoms with Gasteiger partial charge in [-0.25, -0.2) is 4.79 Å². The van der Waals surface area contributed by atoms with E-state index in [9.17, 15) is 9.59 Å². The number of benzene rings is 2. The van der Waals surface area contributed by atoms with E-state index in [-0.39, 0.29) is 12.5 Å². The highest BCUT2D eigenvalue weighted by atomic mass is 35.5. The van der Waals surface area contributed by atoms with E-state index < -0.39 is 12.1 Å². The van der Waals surface area contributed by atoms with Gasteiger partial charge in [0.25, 0.3) is 0 Å². The van der Waals surface area contributed by atoms with E-state index in [2.05, 4.69) is 5.32 Å². The molecule has 1 aliphatic rings. The molecule has 7 heteroatoms. The van der Waals surface area contributed by atoms with Crippen molar-refractivity contribution in [1.29, 1.82) is 0 Å². The largest absolute Gasteiger partial charge is 0.495 e. The third-order valence-electron chi connectivity index (χ3n) is 4.73. The summed E-state index contributed by atoms with van der Waals surface area (Å²) in [6, 6.07) is 12.3. The summed E-state index contributed by atoms with van der Waals surface area (Å²) in [5.74, 6) is 0.203. The molecule has 2 amide bonds. The van der Waals surface area contributed by atoms with Crippen molar-refractivity contribution < 1.29 is 19.1 Å². The number of aryl methyl sites for hydroxylation is 1. The quantitative estimate of drug-likeness (QED) is 0.805. The standard InChI is InChI=1S/C21H23ClN2O4/c1-14-11-17(19(27-2)12-16(14)22)23-20(25)18-9-6-10-24(18)21(26)28-13-15-7-4-3-5-8-15/h3-5,7-8,11-12,18H,6,9-10,13H2,1-2H3,(H,23,25). The van der Waals surface area contributed by atoms with E-state index >= 15 is 0 Å². The molecule has 1 unspecified atom stereocenters. The molecule has 28 heavy (non-hydrogen) atoms. The van der Waals surface area contributed by atoms with Crippen molar-refractivity contribution in [2.24, 2.45) is 0 Å². The molecule has 0 aromatic heterocycles. The predicted molar refractivity (Wildman–Crippen MR) is 108 cm³/mol. The first-order valence-electron chi connectivity index (χ1n) is 9.12. The van der Waals surface area contributed by atoms with Crippen LogP contribution in [0.15, 0.2) is 42.5 Å². The molecule has 1 atom stereocenters. The van der Waals surface area contributed by atoms with Crippen LogP contribution in [-0.2, 0) is 16.1 Å². The van der Waals surface area contributed by atoms with Crippen LogP contribution in [0.1, 0.15) is 24.0 Å². The molecular weight excluding hydrogens is 380 g/mol. The minimum absolute atomic E-state index is 0.175. The fourth-order valence-electron chi connectivity index (χ4n) is 3.21. The molecule has 3 rings (SSSR count). The highest BCUT2D eigenvalue weighted by molar-refractivity contribution is 6.31. The topological polar surface area (TPSA) is 67.9 Å². The van der Waals surface area contributed by atoms with Gasteiger partial charge in [-0.2, -0.15) is 0 Å². The van der Waals surface area contributed by atoms with Crippen molar-refractivity contribution in [2.45, 2.75) is 32.4 Å². The number of halogens is 1. The van der Waals surface area contributed by atoms with E-state index in [1.54, 1.807) is 12.1 Å². The number of carbonyl (C=O) groups excluding carboxylic acids is 2. The molecule has 2 aromatic rings. The SMILES string of the molecule is COc1cc(Cl)c(C)cc1NC(=O)C1CCCN1C(=O)OCc1ccccc1. The second-order valence-electron chi connectivity index (χ2n) is 6.68. The molecular formula is C21H23ClN2O4. The number of amides is 2. The molecule has 148 valence electrons. The number of ether oxygens (including phenoxy) is 2. The van der Waals surface area contributed by atoms with Crippen LogP contribution in [0, 0.1) is 6.92 Å². The molecule has 0 aliphatic carbocycles. The Kier molecular flexibility index (Phi) is 6.41. The highest BCUT2D eigenvalue weighted by Crippen LogP contribution is 2.31. The lowest BCUT2D eigenvalue weighted by molar-refractivity contribution is -0.120. The smallest absolute Gasteiger partial charge is 0.410 e. The number of nitrogens with zero attached hydrogens (tertiary/aromatic N) is 1. The van der Waals surface area contributed by atoms with Crippen LogP contribution in [0.4, 0.5) is 10.5 Å². The first-order valence-corrected chi connectivity index (χ1v) is 9.49. The minimum Gasteiger partial charge on any atom is -0.495 e. The van der Waals surface area contributed by atoms with Crippen LogP contribution in [0.2, 0.25) is 5.02 Å². The maximum atomic E-state index is 12.8. The van der Waals surface area contributed by atoms with E-state index in [1.165, 1.54) is 12.0 Å². The van der Waals surface area contributed by atoms with Crippen molar-refractivity contribution in [3.05, 3.63) is 58.6 Å². The second-order valence-corrected chi connectivity index (χ2v) is 7.09. The van der Waals surface area contributed by atoms with Crippen LogP contribution >= 0.6 is 11.6 Å². The third kappa shape index (κ3) is 4.57. The molecule has 0 radical (unpaired) electrons. The number of hydrogen-bond donors (Lipinski definition) is 1. The molecule has 0 spiro atoms. The number of hydrogen-bond acceptors (Lipinski definition) is 4. The van der Waals surface area contributed by atoms with E-state index in [0.717, 1.165) is 17.5 Å². The third-order valence-corrected chi connectivity index (χ3v) is 5.14. The summed E-state index contributed by atoms with van der Waals surface area (Å²) >= 11 is 6.12. The van der Waals surface area contributed by atoms with Gasteiger partial charge in [-0.1, -0.05) is 41.9 Å². The van der Waals surface area contributed by atoms with Crippen molar-refractivity contribution in [3.63, 3.8) is 0 Å². The van der Waals surface area contributed by atoms with Crippen LogP contribution in [0.5, 0.6) is 5.75 Å². The van der Waals surface area contributed by atoms with Crippen molar-refractivity contribution in [1.82, 2.24) is 4.90 Å². The molecule has 1 saturated heterocycles. The zero-order valence-electron chi connectivity index (χ0n) is 15.9. The average molecular weight is 403 g/mol. The van der Waals surface area contributed by atoms with Gasteiger partial charge in [0.05, 0.1) is 12.8 Å². The summed E-state index contributed by atoms with van der Waals surface area (Å²) in [4.78, 5) is 26.8. The Morgan fingerprint density at radius 3 is 2.71 bits per heavy atom. The van der Waals surface area contributed by atoms with E-state index in [1.807, 2.05) is 37.3 Å². The van der Waals surface area contributed by atoms with Crippen LogP contribution < -0.4 is 10.1 Å². The summed E-state index contributed by atoms with van der Waals surface area (Å²) in [6.45, 7) is 2.51. The van der Waals surface area contributed by atoms with Crippen molar-refractivity contribution in [2.75, 3.05) is 19.0 Å². The molecule has 0 bridgehead atoms. The number of nitrogens with one attached hydrogen (secondary N) is 1. The average Bonchev–Trinajstić information content (AvgIpc) is 3.19. The van der Waals surface area contributed by atoms with Crippen LogP contribution in [-0.4, -0.2) is 36.6 Å². The van der Waals surface area contributed by atoms with Gasteiger partial charge >= 0.3 is 6.09 Å². The molecule has 1 fully saturated rings. The first-order chi connectivity index (χ1) is 13.5. The summed E-state index contributed by atoms with van der Waals surface area (Å²) in [5.41, 5.74) is 2.25. The van der Waals surface area contributed by atoms with Crippen LogP contribution in [0.3, 0.4) is 0 Å². The van der Waals surface area contributed by atoms with Gasteiger partial charge < -0.3 is 14.8 Å². The van der Waals surface area contributed by atoms with E-state index in [4.69, 9.17) is 21.1 Å². The predicted octanol–water partition coefficient (Wildman–Crippen LogP) is 4.40. The number of anilines is 1. The molecule has 1 heterocycles. The lowest BCUT2D eigenvalue weighted by Crippen LogP contribution is -2.43. The highest BCUT2D eigenvalue weighted by Gasteiger charge is 2.35. The fourth-order valence-corrected chi connectivity index (χ4v) is 3.36. The lowest BCUT2D eigenvalue weighted by atomic mass is 10.1. The zero-order chi connectivity index (χ0) is 20.1. The van der Waals surface area contributed by atoms with Crippen LogP contribution in [0.25, 0.3) is 0 Å². The summed E-state index contributed by atoms with van der Waals surface area (Å²) in [5, 5.41) is 3.42. The van der Waals surface area contributed by atoms with Crippen molar-refractivity contribution >= 4 is 29.3 Å². The van der Waals surface area contributed by atoms with Gasteiger partial charge in [0.15, 0.2) is 0 Å². The van der Waals surface area contributed by atoms with Gasteiger partial charge in [0.1, 0.15) is 18.4 Å². The Hall–Kier alpha value is -2.73. The maximum Gasteiger partial charge on any atom is 0.410 e. The Labute approximate surface area is 169 Å². The summed E-state index contributed by atoms with van der Waals surface area (Å²) < 4.78 is 10.7. The molecule has 1 aliphatic heterocycles. The molecule has 1 N–H and O–H groups in total.